The van der Waals surface area contributed by atoms with Crippen molar-refractivity contribution in [3.05, 3.63) is 30.5 Å². The molecule has 0 N–H and O–H groups in total. The SMILES string of the molecule is COc1cccc2c1ccn2CCC(=O)N(C)C. The van der Waals surface area contributed by atoms with Gasteiger partial charge in [-0.3, -0.25) is 4.79 Å². The lowest BCUT2D eigenvalue weighted by Crippen LogP contribution is -2.22. The summed E-state index contributed by atoms with van der Waals surface area (Å²) >= 11 is 0. The second kappa shape index (κ2) is 5.12. The summed E-state index contributed by atoms with van der Waals surface area (Å²) in [6.07, 6.45) is 2.50. The average Bonchev–Trinajstić information content (AvgIpc) is 2.78. The van der Waals surface area contributed by atoms with Crippen LogP contribution in [0.25, 0.3) is 10.9 Å². The molecule has 2 aromatic rings. The molecule has 0 aliphatic heterocycles. The minimum atomic E-state index is 0.139. The first-order valence-corrected chi connectivity index (χ1v) is 5.95. The van der Waals surface area contributed by atoms with Gasteiger partial charge in [0.25, 0.3) is 0 Å². The van der Waals surface area contributed by atoms with Gasteiger partial charge in [0.05, 0.1) is 12.6 Å². The van der Waals surface area contributed by atoms with Crippen molar-refractivity contribution in [1.82, 2.24) is 9.47 Å². The Morgan fingerprint density at radius 1 is 1.33 bits per heavy atom. The van der Waals surface area contributed by atoms with E-state index in [1.54, 1.807) is 26.1 Å². The Kier molecular flexibility index (Phi) is 3.55. The van der Waals surface area contributed by atoms with Crippen LogP contribution >= 0.6 is 0 Å². The predicted octanol–water partition coefficient (Wildman–Crippen LogP) is 2.13. The van der Waals surface area contributed by atoms with Gasteiger partial charge < -0.3 is 14.2 Å². The molecule has 0 saturated carbocycles. The molecular formula is C14H18N2O2. The Morgan fingerprint density at radius 3 is 2.78 bits per heavy atom. The molecule has 1 aromatic heterocycles. The van der Waals surface area contributed by atoms with E-state index in [9.17, 15) is 4.79 Å². The van der Waals surface area contributed by atoms with Crippen molar-refractivity contribution in [3.63, 3.8) is 0 Å². The number of aromatic nitrogens is 1. The molecule has 96 valence electrons. The number of ether oxygens (including phenoxy) is 1. The summed E-state index contributed by atoms with van der Waals surface area (Å²) in [5, 5.41) is 1.08. The van der Waals surface area contributed by atoms with Crippen molar-refractivity contribution >= 4 is 16.8 Å². The fourth-order valence-corrected chi connectivity index (χ4v) is 2.01. The van der Waals surface area contributed by atoms with Gasteiger partial charge in [0, 0.05) is 38.6 Å². The number of rotatable bonds is 4. The highest BCUT2D eigenvalue weighted by molar-refractivity contribution is 5.86. The summed E-state index contributed by atoms with van der Waals surface area (Å²) in [5.41, 5.74) is 1.10. The third-order valence-electron chi connectivity index (χ3n) is 3.06. The van der Waals surface area contributed by atoms with Crippen LogP contribution in [-0.2, 0) is 11.3 Å². The molecule has 0 radical (unpaired) electrons. The van der Waals surface area contributed by atoms with E-state index in [0.717, 1.165) is 16.7 Å². The first-order chi connectivity index (χ1) is 8.63. The van der Waals surface area contributed by atoms with Gasteiger partial charge >= 0.3 is 0 Å². The van der Waals surface area contributed by atoms with Crippen LogP contribution in [0.5, 0.6) is 5.75 Å². The molecule has 1 heterocycles. The number of nitrogens with zero attached hydrogens (tertiary/aromatic N) is 2. The monoisotopic (exact) mass is 246 g/mol. The first kappa shape index (κ1) is 12.5. The molecule has 0 saturated heterocycles. The molecule has 0 spiro atoms. The van der Waals surface area contributed by atoms with Crippen LogP contribution in [0.4, 0.5) is 0 Å². The Labute approximate surface area is 107 Å². The molecule has 1 amide bonds. The van der Waals surface area contributed by atoms with Crippen LogP contribution in [0.2, 0.25) is 0 Å². The van der Waals surface area contributed by atoms with Gasteiger partial charge in [0.2, 0.25) is 5.91 Å². The minimum Gasteiger partial charge on any atom is -0.496 e. The van der Waals surface area contributed by atoms with E-state index in [4.69, 9.17) is 4.74 Å². The van der Waals surface area contributed by atoms with Crippen molar-refractivity contribution in [2.75, 3.05) is 21.2 Å². The highest BCUT2D eigenvalue weighted by atomic mass is 16.5. The molecule has 4 nitrogen and oxygen atoms in total. The van der Waals surface area contributed by atoms with Crippen LogP contribution < -0.4 is 4.74 Å². The van der Waals surface area contributed by atoms with E-state index < -0.39 is 0 Å². The van der Waals surface area contributed by atoms with Gasteiger partial charge in [0.1, 0.15) is 5.75 Å². The van der Waals surface area contributed by atoms with Gasteiger partial charge in [-0.25, -0.2) is 0 Å². The number of aryl methyl sites for hydroxylation is 1. The largest absolute Gasteiger partial charge is 0.496 e. The minimum absolute atomic E-state index is 0.139. The summed E-state index contributed by atoms with van der Waals surface area (Å²) in [5.74, 6) is 1.00. The number of carbonyl (C=O) groups excluding carboxylic acids is 1. The maximum Gasteiger partial charge on any atom is 0.223 e. The van der Waals surface area contributed by atoms with Crippen molar-refractivity contribution in [2.45, 2.75) is 13.0 Å². The Morgan fingerprint density at radius 2 is 2.11 bits per heavy atom. The molecule has 0 unspecified atom stereocenters. The van der Waals surface area contributed by atoms with Crippen LogP contribution in [0.1, 0.15) is 6.42 Å². The molecule has 2 rings (SSSR count). The number of fused-ring (bicyclic) bond motifs is 1. The molecule has 1 aromatic carbocycles. The molecule has 0 aliphatic carbocycles. The zero-order valence-electron chi connectivity index (χ0n) is 11.0. The molecule has 0 fully saturated rings. The lowest BCUT2D eigenvalue weighted by Gasteiger charge is -2.11. The van der Waals surface area contributed by atoms with E-state index in [0.29, 0.717) is 13.0 Å². The third-order valence-corrected chi connectivity index (χ3v) is 3.06. The average molecular weight is 246 g/mol. The smallest absolute Gasteiger partial charge is 0.223 e. The van der Waals surface area contributed by atoms with Crippen molar-refractivity contribution < 1.29 is 9.53 Å². The molecule has 4 heteroatoms. The quantitative estimate of drug-likeness (QED) is 0.828. The third kappa shape index (κ3) is 2.32. The Bertz CT molecular complexity index is 558. The zero-order chi connectivity index (χ0) is 13.1. The summed E-state index contributed by atoms with van der Waals surface area (Å²) < 4.78 is 7.40. The van der Waals surface area contributed by atoms with Crippen molar-refractivity contribution in [1.29, 1.82) is 0 Å². The van der Waals surface area contributed by atoms with Crippen LogP contribution in [-0.4, -0.2) is 36.6 Å². The van der Waals surface area contributed by atoms with Gasteiger partial charge in [-0.05, 0) is 18.2 Å². The summed E-state index contributed by atoms with van der Waals surface area (Å²) in [6.45, 7) is 0.688. The van der Waals surface area contributed by atoms with Gasteiger partial charge in [-0.15, -0.1) is 0 Å². The van der Waals surface area contributed by atoms with E-state index in [2.05, 4.69) is 4.57 Å². The second-order valence-electron chi connectivity index (χ2n) is 4.44. The molecular weight excluding hydrogens is 228 g/mol. The first-order valence-electron chi connectivity index (χ1n) is 5.95. The maximum atomic E-state index is 11.6. The van der Waals surface area contributed by atoms with Gasteiger partial charge in [-0.1, -0.05) is 6.07 Å². The molecule has 0 bridgehead atoms. The van der Waals surface area contributed by atoms with E-state index in [1.807, 2.05) is 30.5 Å². The fourth-order valence-electron chi connectivity index (χ4n) is 2.01. The van der Waals surface area contributed by atoms with E-state index in [-0.39, 0.29) is 5.91 Å². The highest BCUT2D eigenvalue weighted by Gasteiger charge is 2.08. The highest BCUT2D eigenvalue weighted by Crippen LogP contribution is 2.26. The summed E-state index contributed by atoms with van der Waals surface area (Å²) in [4.78, 5) is 13.2. The number of hydrogen-bond donors (Lipinski definition) is 0. The number of amides is 1. The van der Waals surface area contributed by atoms with Crippen LogP contribution in [0, 0.1) is 0 Å². The number of hydrogen-bond acceptors (Lipinski definition) is 2. The Balaban J connectivity index is 2.22. The zero-order valence-corrected chi connectivity index (χ0v) is 11.0. The number of benzene rings is 1. The van der Waals surface area contributed by atoms with Crippen LogP contribution in [0.3, 0.4) is 0 Å². The normalized spacial score (nSPS) is 10.6. The molecule has 18 heavy (non-hydrogen) atoms. The van der Waals surface area contributed by atoms with Gasteiger partial charge in [-0.2, -0.15) is 0 Å². The van der Waals surface area contributed by atoms with E-state index in [1.165, 1.54) is 0 Å². The number of methoxy groups -OCH3 is 1. The van der Waals surface area contributed by atoms with E-state index >= 15 is 0 Å². The second-order valence-corrected chi connectivity index (χ2v) is 4.44. The summed E-state index contributed by atoms with van der Waals surface area (Å²) in [6, 6.07) is 7.97. The molecule has 0 aliphatic rings. The Hall–Kier alpha value is -1.97. The molecule has 0 atom stereocenters. The fraction of sp³-hybridized carbons (Fsp3) is 0.357. The number of carbonyl (C=O) groups is 1. The lowest BCUT2D eigenvalue weighted by atomic mass is 10.2. The van der Waals surface area contributed by atoms with Crippen LogP contribution in [0.15, 0.2) is 30.5 Å². The lowest BCUT2D eigenvalue weighted by molar-refractivity contribution is -0.128. The van der Waals surface area contributed by atoms with Crippen molar-refractivity contribution in [2.24, 2.45) is 0 Å². The summed E-state index contributed by atoms with van der Waals surface area (Å²) in [7, 11) is 5.22. The van der Waals surface area contributed by atoms with Crippen molar-refractivity contribution in [3.8, 4) is 5.75 Å². The predicted molar refractivity (Wildman–Crippen MR) is 71.8 cm³/mol. The topological polar surface area (TPSA) is 34.5 Å². The maximum absolute atomic E-state index is 11.6. The van der Waals surface area contributed by atoms with Gasteiger partial charge in [0.15, 0.2) is 0 Å². The standard InChI is InChI=1S/C14H18N2O2/c1-15(2)14(17)8-10-16-9-7-11-12(16)5-4-6-13(11)18-3/h4-7,9H,8,10H2,1-3H3.